The molecule has 0 aliphatic rings. The zero-order valence-electron chi connectivity index (χ0n) is 12.9. The van der Waals surface area contributed by atoms with E-state index in [1.54, 1.807) is 6.20 Å². The molecule has 0 saturated carbocycles. The molecule has 0 unspecified atom stereocenters. The molecular weight excluding hydrogens is 292 g/mol. The Balaban J connectivity index is 2.29. The van der Waals surface area contributed by atoms with Gasteiger partial charge in [0.05, 0.1) is 5.69 Å². The van der Waals surface area contributed by atoms with Gasteiger partial charge < -0.3 is 4.90 Å². The average Bonchev–Trinajstić information content (AvgIpc) is 2.58. The van der Waals surface area contributed by atoms with Crippen molar-refractivity contribution in [2.75, 3.05) is 13.1 Å². The highest BCUT2D eigenvalue weighted by atomic mass is 32.1. The Kier molecular flexibility index (Phi) is 6.03. The lowest BCUT2D eigenvalue weighted by atomic mass is 10.1. The molecule has 4 nitrogen and oxygen atoms in total. The first-order chi connectivity index (χ1) is 10.8. The van der Waals surface area contributed by atoms with Crippen molar-refractivity contribution < 1.29 is 0 Å². The Morgan fingerprint density at radius 3 is 2.36 bits per heavy atom. The van der Waals surface area contributed by atoms with Gasteiger partial charge >= 0.3 is 0 Å². The summed E-state index contributed by atoms with van der Waals surface area (Å²) >= 11 is 5.38. The van der Waals surface area contributed by atoms with E-state index in [9.17, 15) is 0 Å². The van der Waals surface area contributed by atoms with Crippen molar-refractivity contribution in [3.63, 3.8) is 0 Å². The van der Waals surface area contributed by atoms with Gasteiger partial charge in [-0.1, -0.05) is 36.4 Å². The minimum Gasteiger partial charge on any atom is -0.348 e. The van der Waals surface area contributed by atoms with E-state index in [4.69, 9.17) is 12.2 Å². The van der Waals surface area contributed by atoms with Crippen LogP contribution in [0.15, 0.2) is 59.8 Å². The van der Waals surface area contributed by atoms with Gasteiger partial charge in [0.1, 0.15) is 5.71 Å². The second kappa shape index (κ2) is 8.24. The van der Waals surface area contributed by atoms with Crippen molar-refractivity contribution in [2.45, 2.75) is 13.8 Å². The minimum atomic E-state index is 0.620. The zero-order valence-corrected chi connectivity index (χ0v) is 13.7. The van der Waals surface area contributed by atoms with Crippen LogP contribution < -0.4 is 5.43 Å². The van der Waals surface area contributed by atoms with E-state index in [0.29, 0.717) is 5.11 Å². The normalized spacial score (nSPS) is 11.1. The monoisotopic (exact) mass is 312 g/mol. The molecule has 2 aromatic rings. The predicted octanol–water partition coefficient (Wildman–Crippen LogP) is 3.05. The standard InChI is InChI=1S/C17H20N4S/c1-3-21(4-2)17(22)20-19-16(14-10-6-5-7-11-14)15-12-8-9-13-18-15/h5-13H,3-4H2,1-2H3,(H,20,22). The van der Waals surface area contributed by atoms with E-state index in [0.717, 1.165) is 30.1 Å². The first-order valence-electron chi connectivity index (χ1n) is 7.35. The maximum Gasteiger partial charge on any atom is 0.189 e. The molecule has 0 aliphatic carbocycles. The SMILES string of the molecule is CCN(CC)C(=S)NN=C(c1ccccc1)c1ccccn1. The minimum absolute atomic E-state index is 0.620. The fraction of sp³-hybridized carbons (Fsp3) is 0.235. The number of hydrogen-bond acceptors (Lipinski definition) is 3. The van der Waals surface area contributed by atoms with Crippen LogP contribution in [0.3, 0.4) is 0 Å². The number of rotatable bonds is 5. The summed E-state index contributed by atoms with van der Waals surface area (Å²) in [5.74, 6) is 0. The highest BCUT2D eigenvalue weighted by Gasteiger charge is 2.09. The summed E-state index contributed by atoms with van der Waals surface area (Å²) in [7, 11) is 0. The van der Waals surface area contributed by atoms with Gasteiger partial charge in [-0.25, -0.2) is 0 Å². The summed E-state index contributed by atoms with van der Waals surface area (Å²) in [4.78, 5) is 6.43. The molecular formula is C17H20N4S. The first kappa shape index (κ1) is 16.1. The van der Waals surface area contributed by atoms with Crippen molar-refractivity contribution >= 4 is 23.0 Å². The van der Waals surface area contributed by atoms with Gasteiger partial charge in [0.2, 0.25) is 0 Å². The van der Waals surface area contributed by atoms with Crippen LogP contribution in [0.25, 0.3) is 0 Å². The number of nitrogens with zero attached hydrogens (tertiary/aromatic N) is 3. The van der Waals surface area contributed by atoms with Crippen molar-refractivity contribution in [1.29, 1.82) is 0 Å². The molecule has 1 heterocycles. The van der Waals surface area contributed by atoms with Crippen LogP contribution in [0.2, 0.25) is 0 Å². The van der Waals surface area contributed by atoms with Crippen LogP contribution in [0.5, 0.6) is 0 Å². The summed E-state index contributed by atoms with van der Waals surface area (Å²) in [6, 6.07) is 15.7. The topological polar surface area (TPSA) is 40.5 Å². The second-order valence-corrected chi connectivity index (χ2v) is 5.02. The van der Waals surface area contributed by atoms with E-state index in [-0.39, 0.29) is 0 Å². The van der Waals surface area contributed by atoms with Crippen LogP contribution in [-0.2, 0) is 0 Å². The smallest absolute Gasteiger partial charge is 0.189 e. The van der Waals surface area contributed by atoms with Gasteiger partial charge in [0.15, 0.2) is 5.11 Å². The van der Waals surface area contributed by atoms with Crippen molar-refractivity contribution in [1.82, 2.24) is 15.3 Å². The van der Waals surface area contributed by atoms with E-state index in [2.05, 4.69) is 29.4 Å². The average molecular weight is 312 g/mol. The lowest BCUT2D eigenvalue weighted by Crippen LogP contribution is -2.37. The number of thiocarbonyl (C=S) groups is 1. The van der Waals surface area contributed by atoms with Gasteiger partial charge in [0.25, 0.3) is 0 Å². The number of hydrogen-bond donors (Lipinski definition) is 1. The van der Waals surface area contributed by atoms with Gasteiger partial charge in [0, 0.05) is 24.8 Å². The summed E-state index contributed by atoms with van der Waals surface area (Å²) < 4.78 is 0. The number of benzene rings is 1. The molecule has 2 rings (SSSR count). The molecule has 0 saturated heterocycles. The third-order valence-corrected chi connectivity index (χ3v) is 3.62. The Hall–Kier alpha value is -2.27. The van der Waals surface area contributed by atoms with E-state index >= 15 is 0 Å². The van der Waals surface area contributed by atoms with Crippen molar-refractivity contribution in [3.8, 4) is 0 Å². The second-order valence-electron chi connectivity index (χ2n) is 4.63. The summed E-state index contributed by atoms with van der Waals surface area (Å²) in [6.45, 7) is 5.83. The first-order valence-corrected chi connectivity index (χ1v) is 7.76. The lowest BCUT2D eigenvalue weighted by molar-refractivity contribution is 0.458. The molecule has 0 aliphatic heterocycles. The molecule has 0 atom stereocenters. The predicted molar refractivity (Wildman–Crippen MR) is 95.0 cm³/mol. The number of aromatic nitrogens is 1. The Bertz CT molecular complexity index is 580. The summed E-state index contributed by atoms with van der Waals surface area (Å²) in [6.07, 6.45) is 1.76. The molecule has 114 valence electrons. The van der Waals surface area contributed by atoms with Crippen LogP contribution in [0.1, 0.15) is 25.1 Å². The molecule has 0 fully saturated rings. The molecule has 1 aromatic carbocycles. The third-order valence-electron chi connectivity index (χ3n) is 3.27. The van der Waals surface area contributed by atoms with Crippen LogP contribution in [0.4, 0.5) is 0 Å². The fourth-order valence-corrected chi connectivity index (χ4v) is 2.36. The maximum atomic E-state index is 5.38. The Morgan fingerprint density at radius 1 is 1.09 bits per heavy atom. The van der Waals surface area contributed by atoms with E-state index < -0.39 is 0 Å². The number of pyridine rings is 1. The maximum absolute atomic E-state index is 5.38. The van der Waals surface area contributed by atoms with Gasteiger partial charge in [-0.2, -0.15) is 5.10 Å². The van der Waals surface area contributed by atoms with Gasteiger partial charge in [-0.05, 0) is 38.2 Å². The Labute approximate surface area is 136 Å². The van der Waals surface area contributed by atoms with E-state index in [1.165, 1.54) is 0 Å². The summed E-state index contributed by atoms with van der Waals surface area (Å²) in [5.41, 5.74) is 5.57. The molecule has 0 amide bonds. The highest BCUT2D eigenvalue weighted by Crippen LogP contribution is 2.08. The van der Waals surface area contributed by atoms with Crippen LogP contribution in [0, 0.1) is 0 Å². The molecule has 22 heavy (non-hydrogen) atoms. The molecule has 0 bridgehead atoms. The van der Waals surface area contributed by atoms with Crippen molar-refractivity contribution in [2.24, 2.45) is 5.10 Å². The number of hydrazone groups is 1. The summed E-state index contributed by atoms with van der Waals surface area (Å²) in [5, 5.41) is 5.12. The van der Waals surface area contributed by atoms with E-state index in [1.807, 2.05) is 53.4 Å². The van der Waals surface area contributed by atoms with Crippen LogP contribution in [-0.4, -0.2) is 33.8 Å². The highest BCUT2D eigenvalue weighted by molar-refractivity contribution is 7.80. The van der Waals surface area contributed by atoms with Crippen LogP contribution >= 0.6 is 12.2 Å². The van der Waals surface area contributed by atoms with Gasteiger partial charge in [-0.15, -0.1) is 0 Å². The molecule has 0 spiro atoms. The number of nitrogens with one attached hydrogen (secondary N) is 1. The van der Waals surface area contributed by atoms with Gasteiger partial charge in [-0.3, -0.25) is 10.4 Å². The third kappa shape index (κ3) is 4.11. The molecule has 1 N–H and O–H groups in total. The largest absolute Gasteiger partial charge is 0.348 e. The fourth-order valence-electron chi connectivity index (χ4n) is 2.05. The molecule has 1 aromatic heterocycles. The molecule has 5 heteroatoms. The Morgan fingerprint density at radius 2 is 1.77 bits per heavy atom. The quantitative estimate of drug-likeness (QED) is 0.523. The molecule has 0 radical (unpaired) electrons. The van der Waals surface area contributed by atoms with Crippen molar-refractivity contribution in [3.05, 3.63) is 66.0 Å². The lowest BCUT2D eigenvalue weighted by Gasteiger charge is -2.20. The zero-order chi connectivity index (χ0) is 15.8.